The number of anilines is 1. The number of esters is 1. The highest BCUT2D eigenvalue weighted by atomic mass is 16.5. The summed E-state index contributed by atoms with van der Waals surface area (Å²) in [6.45, 7) is 1.42. The van der Waals surface area contributed by atoms with Crippen LogP contribution < -0.4 is 10.6 Å². The number of aryl methyl sites for hydroxylation is 1. The first-order valence-corrected chi connectivity index (χ1v) is 10.4. The van der Waals surface area contributed by atoms with E-state index in [1.165, 1.54) is 5.56 Å². The molecule has 0 aliphatic carbocycles. The lowest BCUT2D eigenvalue weighted by molar-refractivity contribution is -0.144. The summed E-state index contributed by atoms with van der Waals surface area (Å²) in [6.07, 6.45) is 2.33. The van der Waals surface area contributed by atoms with Gasteiger partial charge in [-0.1, -0.05) is 36.4 Å². The topological polar surface area (TPSA) is 93.7 Å². The highest BCUT2D eigenvalue weighted by molar-refractivity contribution is 5.97. The van der Waals surface area contributed by atoms with E-state index in [1.807, 2.05) is 30.3 Å². The molecular formula is C24H30N2O5. The molecule has 2 aromatic carbocycles. The number of hydrogen-bond donors (Lipinski definition) is 2. The molecule has 2 N–H and O–H groups in total. The van der Waals surface area contributed by atoms with Crippen molar-refractivity contribution in [3.8, 4) is 0 Å². The van der Waals surface area contributed by atoms with Gasteiger partial charge in [-0.15, -0.1) is 0 Å². The monoisotopic (exact) mass is 426 g/mol. The smallest absolute Gasteiger partial charge is 0.306 e. The highest BCUT2D eigenvalue weighted by Crippen LogP contribution is 2.12. The Labute approximate surface area is 183 Å². The Morgan fingerprint density at radius 3 is 2.48 bits per heavy atom. The Bertz CT molecular complexity index is 839. The number of rotatable bonds is 13. The summed E-state index contributed by atoms with van der Waals surface area (Å²) in [5.74, 6) is -0.919. The van der Waals surface area contributed by atoms with Crippen LogP contribution in [0.5, 0.6) is 0 Å². The molecule has 0 saturated carbocycles. The number of carbonyl (C=O) groups is 3. The van der Waals surface area contributed by atoms with Crippen LogP contribution in [0.4, 0.5) is 5.69 Å². The van der Waals surface area contributed by atoms with E-state index in [2.05, 4.69) is 10.6 Å². The third kappa shape index (κ3) is 9.91. The molecule has 0 aliphatic heterocycles. The van der Waals surface area contributed by atoms with Gasteiger partial charge in [0.25, 0.3) is 5.91 Å². The minimum absolute atomic E-state index is 0.0108. The van der Waals surface area contributed by atoms with Crippen LogP contribution >= 0.6 is 0 Å². The summed E-state index contributed by atoms with van der Waals surface area (Å²) < 4.78 is 10.1. The second-order valence-corrected chi connectivity index (χ2v) is 7.04. The maximum Gasteiger partial charge on any atom is 0.306 e. The second-order valence-electron chi connectivity index (χ2n) is 7.04. The van der Waals surface area contributed by atoms with Gasteiger partial charge in [-0.3, -0.25) is 14.4 Å². The zero-order chi connectivity index (χ0) is 22.3. The van der Waals surface area contributed by atoms with Gasteiger partial charge < -0.3 is 20.1 Å². The van der Waals surface area contributed by atoms with E-state index in [1.54, 1.807) is 31.4 Å². The van der Waals surface area contributed by atoms with Crippen molar-refractivity contribution >= 4 is 23.5 Å². The molecule has 2 amide bonds. The highest BCUT2D eigenvalue weighted by Gasteiger charge is 2.10. The molecule has 7 nitrogen and oxygen atoms in total. The van der Waals surface area contributed by atoms with E-state index in [0.29, 0.717) is 31.0 Å². The zero-order valence-corrected chi connectivity index (χ0v) is 17.9. The number of benzene rings is 2. The van der Waals surface area contributed by atoms with Crippen molar-refractivity contribution in [2.45, 2.75) is 32.1 Å². The first-order valence-electron chi connectivity index (χ1n) is 10.4. The van der Waals surface area contributed by atoms with Crippen LogP contribution in [0.15, 0.2) is 54.6 Å². The third-order valence-corrected chi connectivity index (χ3v) is 4.49. The van der Waals surface area contributed by atoms with E-state index in [0.717, 1.165) is 19.3 Å². The van der Waals surface area contributed by atoms with Crippen LogP contribution in [0.2, 0.25) is 0 Å². The second kappa shape index (κ2) is 13.9. The average molecular weight is 427 g/mol. The van der Waals surface area contributed by atoms with Gasteiger partial charge in [0.15, 0.2) is 0 Å². The number of nitrogens with one attached hydrogen (secondary N) is 2. The first-order chi connectivity index (χ1) is 15.1. The van der Waals surface area contributed by atoms with Crippen molar-refractivity contribution in [3.63, 3.8) is 0 Å². The van der Waals surface area contributed by atoms with Gasteiger partial charge in [0.2, 0.25) is 5.91 Å². The number of carbonyl (C=O) groups excluding carboxylic acids is 3. The van der Waals surface area contributed by atoms with Crippen molar-refractivity contribution in [1.29, 1.82) is 0 Å². The number of ether oxygens (including phenoxy) is 2. The van der Waals surface area contributed by atoms with Crippen molar-refractivity contribution < 1.29 is 23.9 Å². The molecule has 2 aromatic rings. The molecule has 31 heavy (non-hydrogen) atoms. The summed E-state index contributed by atoms with van der Waals surface area (Å²) in [6, 6.07) is 16.7. The quantitative estimate of drug-likeness (QED) is 0.378. The third-order valence-electron chi connectivity index (χ3n) is 4.49. The molecular weight excluding hydrogens is 396 g/mol. The SMILES string of the molecule is COCCCNC(=O)c1cccc(NC(=O)CCC(=O)OCCCc2ccccc2)c1. The minimum Gasteiger partial charge on any atom is -0.466 e. The summed E-state index contributed by atoms with van der Waals surface area (Å²) >= 11 is 0. The lowest BCUT2D eigenvalue weighted by Crippen LogP contribution is -2.25. The van der Waals surface area contributed by atoms with Gasteiger partial charge in [0, 0.05) is 37.9 Å². The summed E-state index contributed by atoms with van der Waals surface area (Å²) in [4.78, 5) is 36.1. The molecule has 0 radical (unpaired) electrons. The van der Waals surface area contributed by atoms with E-state index >= 15 is 0 Å². The van der Waals surface area contributed by atoms with Crippen molar-refractivity contribution in [2.24, 2.45) is 0 Å². The maximum atomic E-state index is 12.2. The predicted octanol–water partition coefficient (Wildman–Crippen LogP) is 3.35. The van der Waals surface area contributed by atoms with Crippen LogP contribution in [-0.2, 0) is 25.5 Å². The maximum absolute atomic E-state index is 12.2. The standard InChI is InChI=1S/C24H30N2O5/c1-30-16-7-15-25-24(29)20-11-5-12-21(18-20)26-22(27)13-14-23(28)31-17-6-10-19-8-3-2-4-9-19/h2-5,8-9,11-12,18H,6-7,10,13-17H2,1H3,(H,25,29)(H,26,27). The normalized spacial score (nSPS) is 10.4. The van der Waals surface area contributed by atoms with Crippen molar-refractivity contribution in [3.05, 3.63) is 65.7 Å². The Balaban J connectivity index is 1.66. The molecule has 0 heterocycles. The molecule has 0 bridgehead atoms. The minimum atomic E-state index is -0.396. The summed E-state index contributed by atoms with van der Waals surface area (Å²) in [5.41, 5.74) is 2.16. The fourth-order valence-electron chi connectivity index (χ4n) is 2.88. The lowest BCUT2D eigenvalue weighted by atomic mass is 10.1. The molecule has 0 fully saturated rings. The van der Waals surface area contributed by atoms with E-state index in [4.69, 9.17) is 9.47 Å². The lowest BCUT2D eigenvalue weighted by Gasteiger charge is -2.09. The Morgan fingerprint density at radius 1 is 0.903 bits per heavy atom. The first kappa shape index (κ1) is 24.1. The molecule has 0 unspecified atom stereocenters. The molecule has 0 aliphatic rings. The van der Waals surface area contributed by atoms with Crippen molar-refractivity contribution in [2.75, 3.05) is 32.2 Å². The fraction of sp³-hybridized carbons (Fsp3) is 0.375. The number of hydrogen-bond acceptors (Lipinski definition) is 5. The Kier molecular flexibility index (Phi) is 10.8. The van der Waals surface area contributed by atoms with Gasteiger partial charge in [-0.2, -0.15) is 0 Å². The van der Waals surface area contributed by atoms with Gasteiger partial charge >= 0.3 is 5.97 Å². The van der Waals surface area contributed by atoms with E-state index in [9.17, 15) is 14.4 Å². The number of methoxy groups -OCH3 is 1. The zero-order valence-electron chi connectivity index (χ0n) is 17.9. The largest absolute Gasteiger partial charge is 0.466 e. The molecule has 7 heteroatoms. The molecule has 2 rings (SSSR count). The Hall–Kier alpha value is -3.19. The van der Waals surface area contributed by atoms with Gasteiger partial charge in [-0.05, 0) is 43.0 Å². The average Bonchev–Trinajstić information content (AvgIpc) is 2.79. The van der Waals surface area contributed by atoms with Gasteiger partial charge in [0.05, 0.1) is 13.0 Å². The predicted molar refractivity (Wildman–Crippen MR) is 119 cm³/mol. The number of amides is 2. The van der Waals surface area contributed by atoms with Crippen molar-refractivity contribution in [1.82, 2.24) is 5.32 Å². The van der Waals surface area contributed by atoms with Crippen LogP contribution in [-0.4, -0.2) is 44.7 Å². The Morgan fingerprint density at radius 2 is 1.71 bits per heavy atom. The molecule has 0 aromatic heterocycles. The van der Waals surface area contributed by atoms with Crippen LogP contribution in [0.25, 0.3) is 0 Å². The van der Waals surface area contributed by atoms with Crippen LogP contribution in [0, 0.1) is 0 Å². The summed E-state index contributed by atoms with van der Waals surface area (Å²) in [7, 11) is 1.61. The van der Waals surface area contributed by atoms with Gasteiger partial charge in [-0.25, -0.2) is 0 Å². The summed E-state index contributed by atoms with van der Waals surface area (Å²) in [5, 5.41) is 5.51. The van der Waals surface area contributed by atoms with Gasteiger partial charge in [0.1, 0.15) is 0 Å². The molecule has 0 atom stereocenters. The van der Waals surface area contributed by atoms with Crippen LogP contribution in [0.3, 0.4) is 0 Å². The van der Waals surface area contributed by atoms with Crippen LogP contribution in [0.1, 0.15) is 41.6 Å². The molecule has 0 saturated heterocycles. The van der Waals surface area contributed by atoms with E-state index in [-0.39, 0.29) is 24.7 Å². The van der Waals surface area contributed by atoms with E-state index < -0.39 is 5.97 Å². The molecule has 166 valence electrons. The molecule has 0 spiro atoms. The fourth-order valence-corrected chi connectivity index (χ4v) is 2.88.